The van der Waals surface area contributed by atoms with Gasteiger partial charge >= 0.3 is 5.97 Å². The van der Waals surface area contributed by atoms with Crippen LogP contribution in [0, 0.1) is 0 Å². The van der Waals surface area contributed by atoms with E-state index in [-0.39, 0.29) is 11.5 Å². The highest BCUT2D eigenvalue weighted by Gasteiger charge is 2.12. The molecule has 8 heteroatoms. The van der Waals surface area contributed by atoms with Crippen molar-refractivity contribution in [2.24, 2.45) is 5.10 Å². The number of benzene rings is 2. The summed E-state index contributed by atoms with van der Waals surface area (Å²) in [6.07, 6.45) is 1.34. The molecule has 0 aliphatic rings. The van der Waals surface area contributed by atoms with Crippen molar-refractivity contribution in [1.29, 1.82) is 0 Å². The Morgan fingerprint density at radius 2 is 1.93 bits per heavy atom. The van der Waals surface area contributed by atoms with Gasteiger partial charge in [0.05, 0.1) is 16.8 Å². The van der Waals surface area contributed by atoms with E-state index >= 15 is 0 Å². The van der Waals surface area contributed by atoms with Gasteiger partial charge in [-0.05, 0) is 48.5 Å². The number of rotatable bonds is 5. The molecule has 1 heterocycles. The molecule has 0 aliphatic carbocycles. The molecule has 0 bridgehead atoms. The van der Waals surface area contributed by atoms with Crippen molar-refractivity contribution in [2.45, 2.75) is 0 Å². The predicted molar refractivity (Wildman–Crippen MR) is 105 cm³/mol. The normalized spacial score (nSPS) is 10.9. The zero-order valence-corrected chi connectivity index (χ0v) is 16.0. The van der Waals surface area contributed by atoms with Gasteiger partial charge in [0.25, 0.3) is 5.91 Å². The molecule has 0 fully saturated rings. The molecule has 0 saturated heterocycles. The Morgan fingerprint density at radius 3 is 2.67 bits per heavy atom. The fourth-order valence-corrected chi connectivity index (χ4v) is 2.87. The summed E-state index contributed by atoms with van der Waals surface area (Å²) in [6, 6.07) is 14.5. The first-order valence-corrected chi connectivity index (χ1v) is 8.83. The fourth-order valence-electron chi connectivity index (χ4n) is 2.26. The molecular weight excluding hydrogens is 436 g/mol. The lowest BCUT2D eigenvalue weighted by Crippen LogP contribution is -2.17. The molecule has 2 N–H and O–H groups in total. The van der Waals surface area contributed by atoms with Crippen LogP contribution in [-0.4, -0.2) is 23.2 Å². The third kappa shape index (κ3) is 4.64. The van der Waals surface area contributed by atoms with Crippen molar-refractivity contribution in [3.05, 3.63) is 81.0 Å². The molecule has 3 aromatic rings. The SMILES string of the molecule is O=C(O)c1ccc(Cl)c(-c2ccc(C=NNC(=O)c3cccc(Br)c3)o2)c1. The van der Waals surface area contributed by atoms with Crippen LogP contribution >= 0.6 is 27.5 Å². The van der Waals surface area contributed by atoms with Crippen molar-refractivity contribution >= 4 is 45.6 Å². The van der Waals surface area contributed by atoms with E-state index in [0.29, 0.717) is 27.7 Å². The molecule has 2 aromatic carbocycles. The van der Waals surface area contributed by atoms with E-state index in [1.54, 1.807) is 30.3 Å². The first-order chi connectivity index (χ1) is 12.9. The van der Waals surface area contributed by atoms with Crippen LogP contribution in [0.15, 0.2) is 68.6 Å². The molecule has 0 radical (unpaired) electrons. The number of halogens is 2. The fraction of sp³-hybridized carbons (Fsp3) is 0. The smallest absolute Gasteiger partial charge is 0.335 e. The molecule has 1 aromatic heterocycles. The Bertz CT molecular complexity index is 1050. The Balaban J connectivity index is 1.73. The molecule has 0 unspecified atom stereocenters. The van der Waals surface area contributed by atoms with E-state index in [1.165, 1.54) is 24.4 Å². The molecule has 0 saturated carbocycles. The lowest BCUT2D eigenvalue weighted by molar-refractivity contribution is 0.0696. The molecule has 3 rings (SSSR count). The molecule has 6 nitrogen and oxygen atoms in total. The summed E-state index contributed by atoms with van der Waals surface area (Å²) in [4.78, 5) is 23.1. The summed E-state index contributed by atoms with van der Waals surface area (Å²) in [5.41, 5.74) is 3.41. The maximum absolute atomic E-state index is 12.0. The summed E-state index contributed by atoms with van der Waals surface area (Å²) in [6.45, 7) is 0. The first-order valence-electron chi connectivity index (χ1n) is 7.66. The van der Waals surface area contributed by atoms with Crippen LogP contribution < -0.4 is 5.43 Å². The monoisotopic (exact) mass is 446 g/mol. The standard InChI is InChI=1S/C19H12BrClN2O4/c20-13-3-1-2-11(8-13)18(24)23-22-10-14-5-7-17(27-14)15-9-12(19(25)26)4-6-16(15)21/h1-10H,(H,23,24)(H,25,26). The number of carbonyl (C=O) groups is 2. The van der Waals surface area contributed by atoms with E-state index in [2.05, 4.69) is 26.5 Å². The van der Waals surface area contributed by atoms with Crippen LogP contribution in [-0.2, 0) is 0 Å². The lowest BCUT2D eigenvalue weighted by atomic mass is 10.1. The van der Waals surface area contributed by atoms with Gasteiger partial charge < -0.3 is 9.52 Å². The number of carboxylic acid groups (broad SMARTS) is 1. The number of nitrogens with zero attached hydrogens (tertiary/aromatic N) is 1. The minimum absolute atomic E-state index is 0.0994. The summed E-state index contributed by atoms with van der Waals surface area (Å²) in [7, 11) is 0. The molecule has 0 atom stereocenters. The predicted octanol–water partition coefficient (Wildman–Crippen LogP) is 4.82. The second kappa shape index (κ2) is 8.20. The lowest BCUT2D eigenvalue weighted by Gasteiger charge is -2.02. The third-order valence-corrected chi connectivity index (χ3v) is 4.37. The van der Waals surface area contributed by atoms with Gasteiger partial charge in [0, 0.05) is 15.6 Å². The second-order valence-corrected chi connectivity index (χ2v) is 6.73. The van der Waals surface area contributed by atoms with Crippen LogP contribution in [0.5, 0.6) is 0 Å². The molecule has 1 amide bonds. The van der Waals surface area contributed by atoms with E-state index in [9.17, 15) is 9.59 Å². The highest BCUT2D eigenvalue weighted by Crippen LogP contribution is 2.30. The van der Waals surface area contributed by atoms with Gasteiger partial charge in [-0.2, -0.15) is 5.10 Å². The van der Waals surface area contributed by atoms with E-state index in [1.807, 2.05) is 6.07 Å². The highest BCUT2D eigenvalue weighted by molar-refractivity contribution is 9.10. The molecule has 0 aliphatic heterocycles. The summed E-state index contributed by atoms with van der Waals surface area (Å²) >= 11 is 9.42. The zero-order valence-electron chi connectivity index (χ0n) is 13.6. The molecule has 136 valence electrons. The van der Waals surface area contributed by atoms with Crippen LogP contribution in [0.2, 0.25) is 5.02 Å². The number of nitrogens with one attached hydrogen (secondary N) is 1. The van der Waals surface area contributed by atoms with Crippen LogP contribution in [0.4, 0.5) is 0 Å². The van der Waals surface area contributed by atoms with Crippen LogP contribution in [0.25, 0.3) is 11.3 Å². The number of amides is 1. The van der Waals surface area contributed by atoms with Crippen LogP contribution in [0.3, 0.4) is 0 Å². The Morgan fingerprint density at radius 1 is 1.11 bits per heavy atom. The highest BCUT2D eigenvalue weighted by atomic mass is 79.9. The molecule has 27 heavy (non-hydrogen) atoms. The number of hydrogen-bond donors (Lipinski definition) is 2. The number of hydrazone groups is 1. The van der Waals surface area contributed by atoms with Gasteiger partial charge in [0.2, 0.25) is 0 Å². The van der Waals surface area contributed by atoms with Crippen LogP contribution in [0.1, 0.15) is 26.5 Å². The maximum atomic E-state index is 12.0. The van der Waals surface area contributed by atoms with Gasteiger partial charge in [-0.3, -0.25) is 4.79 Å². The quantitative estimate of drug-likeness (QED) is 0.433. The Hall–Kier alpha value is -2.90. The van der Waals surface area contributed by atoms with Gasteiger partial charge in [0.15, 0.2) is 0 Å². The second-order valence-electron chi connectivity index (χ2n) is 5.41. The minimum Gasteiger partial charge on any atom is -0.478 e. The molecule has 0 spiro atoms. The van der Waals surface area contributed by atoms with Gasteiger partial charge in [-0.25, -0.2) is 10.2 Å². The Labute approximate surface area is 167 Å². The number of furan rings is 1. The average molecular weight is 448 g/mol. The number of aromatic carboxylic acids is 1. The summed E-state index contributed by atoms with van der Waals surface area (Å²) < 4.78 is 6.39. The average Bonchev–Trinajstić information content (AvgIpc) is 3.10. The van der Waals surface area contributed by atoms with Crippen molar-refractivity contribution in [3.63, 3.8) is 0 Å². The van der Waals surface area contributed by atoms with E-state index in [4.69, 9.17) is 21.1 Å². The van der Waals surface area contributed by atoms with Gasteiger partial charge in [-0.15, -0.1) is 0 Å². The van der Waals surface area contributed by atoms with Crippen molar-refractivity contribution < 1.29 is 19.1 Å². The number of carboxylic acids is 1. The summed E-state index contributed by atoms with van der Waals surface area (Å²) in [5, 5.41) is 13.3. The largest absolute Gasteiger partial charge is 0.478 e. The first kappa shape index (κ1) is 18.9. The maximum Gasteiger partial charge on any atom is 0.335 e. The van der Waals surface area contributed by atoms with Crippen molar-refractivity contribution in [1.82, 2.24) is 5.43 Å². The minimum atomic E-state index is -1.06. The van der Waals surface area contributed by atoms with E-state index in [0.717, 1.165) is 4.47 Å². The van der Waals surface area contributed by atoms with Crippen molar-refractivity contribution in [2.75, 3.05) is 0 Å². The third-order valence-electron chi connectivity index (χ3n) is 3.55. The number of carbonyl (C=O) groups excluding carboxylic acids is 1. The van der Waals surface area contributed by atoms with E-state index < -0.39 is 5.97 Å². The molecular formula is C19H12BrClN2O4. The van der Waals surface area contributed by atoms with Gasteiger partial charge in [-0.1, -0.05) is 33.6 Å². The Kier molecular flexibility index (Phi) is 5.73. The summed E-state index contributed by atoms with van der Waals surface area (Å²) in [5.74, 6) is -0.660. The van der Waals surface area contributed by atoms with Gasteiger partial charge in [0.1, 0.15) is 11.5 Å². The number of hydrogen-bond acceptors (Lipinski definition) is 4. The zero-order chi connectivity index (χ0) is 19.4. The topological polar surface area (TPSA) is 91.9 Å². The van der Waals surface area contributed by atoms with Crippen molar-refractivity contribution in [3.8, 4) is 11.3 Å².